The number of hydrogen-bond acceptors (Lipinski definition) is 5. The summed E-state index contributed by atoms with van der Waals surface area (Å²) in [5.41, 5.74) is 1.54. The zero-order valence-corrected chi connectivity index (χ0v) is 17.2. The molecule has 0 aromatic heterocycles. The van der Waals surface area contributed by atoms with Crippen molar-refractivity contribution < 1.29 is 19.1 Å². The van der Waals surface area contributed by atoms with Crippen LogP contribution in [0.25, 0.3) is 0 Å². The second kappa shape index (κ2) is 9.05. The molecule has 1 N–H and O–H groups in total. The highest BCUT2D eigenvalue weighted by atomic mass is 16.5. The summed E-state index contributed by atoms with van der Waals surface area (Å²) < 4.78 is 10.5. The summed E-state index contributed by atoms with van der Waals surface area (Å²) in [7, 11) is 1.39. The van der Waals surface area contributed by atoms with Crippen LogP contribution in [0.4, 0.5) is 0 Å². The minimum absolute atomic E-state index is 0.148. The minimum atomic E-state index is -0.318. The van der Waals surface area contributed by atoms with E-state index in [1.807, 2.05) is 12.1 Å². The van der Waals surface area contributed by atoms with Crippen molar-refractivity contribution in [2.45, 2.75) is 70.2 Å². The van der Waals surface area contributed by atoms with Gasteiger partial charge in [-0.1, -0.05) is 12.1 Å². The van der Waals surface area contributed by atoms with Crippen LogP contribution in [0.15, 0.2) is 24.3 Å². The Morgan fingerprint density at radius 1 is 1.29 bits per heavy atom. The number of carbonyl (C=O) groups is 2. The van der Waals surface area contributed by atoms with Crippen LogP contribution in [-0.2, 0) is 20.8 Å². The quantitative estimate of drug-likeness (QED) is 0.575. The molecule has 6 nitrogen and oxygen atoms in total. The fraction of sp³-hybridized carbons (Fsp3) is 0.636. The molecule has 154 valence electrons. The SMILES string of the molecule is COC(=O)c1ccc(CNCCC2CCC(=O)N2C2CCOC(C)(C)C2)cc1. The molecule has 6 heteroatoms. The number of hydrogen-bond donors (Lipinski definition) is 1. The van der Waals surface area contributed by atoms with E-state index in [9.17, 15) is 9.59 Å². The fourth-order valence-electron chi connectivity index (χ4n) is 4.36. The third-order valence-corrected chi connectivity index (χ3v) is 5.80. The standard InChI is InChI=1S/C22H32N2O4/c1-22(2)14-19(11-13-28-22)24-18(8-9-20(24)25)10-12-23-15-16-4-6-17(7-5-16)21(26)27-3/h4-7,18-19,23H,8-15H2,1-3H3. The largest absolute Gasteiger partial charge is 0.465 e. The molecule has 1 aromatic carbocycles. The lowest BCUT2D eigenvalue weighted by Crippen LogP contribution is -2.49. The number of nitrogens with zero attached hydrogens (tertiary/aromatic N) is 1. The highest BCUT2D eigenvalue weighted by molar-refractivity contribution is 5.89. The van der Waals surface area contributed by atoms with E-state index < -0.39 is 0 Å². The smallest absolute Gasteiger partial charge is 0.337 e. The topological polar surface area (TPSA) is 67.9 Å². The third-order valence-electron chi connectivity index (χ3n) is 5.80. The van der Waals surface area contributed by atoms with Gasteiger partial charge in [0.2, 0.25) is 5.91 Å². The zero-order chi connectivity index (χ0) is 20.1. The van der Waals surface area contributed by atoms with Crippen LogP contribution in [0, 0.1) is 0 Å². The Morgan fingerprint density at radius 3 is 2.71 bits per heavy atom. The number of likely N-dealkylation sites (tertiary alicyclic amines) is 1. The van der Waals surface area contributed by atoms with Gasteiger partial charge in [0.05, 0.1) is 18.3 Å². The highest BCUT2D eigenvalue weighted by Gasteiger charge is 2.40. The number of rotatable bonds is 7. The van der Waals surface area contributed by atoms with Crippen molar-refractivity contribution in [3.8, 4) is 0 Å². The molecule has 28 heavy (non-hydrogen) atoms. The molecule has 2 aliphatic rings. The van der Waals surface area contributed by atoms with Crippen LogP contribution in [0.3, 0.4) is 0 Å². The van der Waals surface area contributed by atoms with Gasteiger partial charge >= 0.3 is 5.97 Å². The Balaban J connectivity index is 1.47. The molecule has 2 heterocycles. The zero-order valence-electron chi connectivity index (χ0n) is 17.2. The molecule has 0 radical (unpaired) electrons. The Kier molecular flexibility index (Phi) is 6.73. The van der Waals surface area contributed by atoms with Crippen LogP contribution in [0.1, 0.15) is 61.9 Å². The lowest BCUT2D eigenvalue weighted by Gasteiger charge is -2.42. The minimum Gasteiger partial charge on any atom is -0.465 e. The van der Waals surface area contributed by atoms with Gasteiger partial charge in [0.15, 0.2) is 0 Å². The summed E-state index contributed by atoms with van der Waals surface area (Å²) in [6, 6.07) is 8.07. The number of esters is 1. The van der Waals surface area contributed by atoms with Gasteiger partial charge in [-0.2, -0.15) is 0 Å². The molecule has 0 spiro atoms. The van der Waals surface area contributed by atoms with E-state index in [4.69, 9.17) is 9.47 Å². The van der Waals surface area contributed by atoms with Crippen LogP contribution in [-0.4, -0.2) is 54.7 Å². The Bertz CT molecular complexity index is 686. The molecule has 2 saturated heterocycles. The first-order valence-corrected chi connectivity index (χ1v) is 10.2. The lowest BCUT2D eigenvalue weighted by atomic mass is 9.92. The van der Waals surface area contributed by atoms with Crippen molar-refractivity contribution in [1.82, 2.24) is 10.2 Å². The van der Waals surface area contributed by atoms with E-state index in [0.29, 0.717) is 30.0 Å². The highest BCUT2D eigenvalue weighted by Crippen LogP contribution is 2.33. The van der Waals surface area contributed by atoms with E-state index in [2.05, 4.69) is 24.1 Å². The van der Waals surface area contributed by atoms with E-state index in [1.54, 1.807) is 12.1 Å². The predicted octanol–water partition coefficient (Wildman–Crippen LogP) is 2.90. The van der Waals surface area contributed by atoms with Crippen LogP contribution in [0.2, 0.25) is 0 Å². The van der Waals surface area contributed by atoms with Crippen molar-refractivity contribution >= 4 is 11.9 Å². The van der Waals surface area contributed by atoms with Gasteiger partial charge < -0.3 is 19.7 Å². The lowest BCUT2D eigenvalue weighted by molar-refractivity contribution is -0.138. The summed E-state index contributed by atoms with van der Waals surface area (Å²) in [6.45, 7) is 6.56. The molecular formula is C22H32N2O4. The number of ether oxygens (including phenoxy) is 2. The van der Waals surface area contributed by atoms with Crippen molar-refractivity contribution in [1.29, 1.82) is 0 Å². The maximum absolute atomic E-state index is 12.5. The second-order valence-electron chi connectivity index (χ2n) is 8.40. The Labute approximate surface area is 167 Å². The summed E-state index contributed by atoms with van der Waals surface area (Å²) >= 11 is 0. The predicted molar refractivity (Wildman–Crippen MR) is 107 cm³/mol. The average molecular weight is 389 g/mol. The molecule has 2 aliphatic heterocycles. The number of nitrogens with one attached hydrogen (secondary N) is 1. The van der Waals surface area contributed by atoms with Gasteiger partial charge in [-0.05, 0) is 63.8 Å². The van der Waals surface area contributed by atoms with Crippen molar-refractivity contribution in [2.75, 3.05) is 20.3 Å². The number of amides is 1. The van der Waals surface area contributed by atoms with E-state index >= 15 is 0 Å². The Morgan fingerprint density at radius 2 is 2.04 bits per heavy atom. The van der Waals surface area contributed by atoms with E-state index in [-0.39, 0.29) is 11.6 Å². The number of benzene rings is 1. The molecular weight excluding hydrogens is 356 g/mol. The van der Waals surface area contributed by atoms with Gasteiger partial charge in [0.25, 0.3) is 0 Å². The first-order valence-electron chi connectivity index (χ1n) is 10.2. The van der Waals surface area contributed by atoms with Crippen LogP contribution >= 0.6 is 0 Å². The normalized spacial score (nSPS) is 24.4. The summed E-state index contributed by atoms with van der Waals surface area (Å²) in [4.78, 5) is 26.1. The second-order valence-corrected chi connectivity index (χ2v) is 8.40. The number of methoxy groups -OCH3 is 1. The molecule has 2 fully saturated rings. The first kappa shape index (κ1) is 20.8. The third kappa shape index (κ3) is 5.11. The van der Waals surface area contributed by atoms with Crippen LogP contribution < -0.4 is 5.32 Å². The van der Waals surface area contributed by atoms with E-state index in [0.717, 1.165) is 50.9 Å². The molecule has 3 rings (SSSR count). The van der Waals surface area contributed by atoms with E-state index in [1.165, 1.54) is 7.11 Å². The summed E-state index contributed by atoms with van der Waals surface area (Å²) in [5.74, 6) is -0.0205. The molecule has 0 saturated carbocycles. The molecule has 2 unspecified atom stereocenters. The first-order chi connectivity index (χ1) is 13.4. The van der Waals surface area contributed by atoms with Crippen molar-refractivity contribution in [2.24, 2.45) is 0 Å². The van der Waals surface area contributed by atoms with Crippen molar-refractivity contribution in [3.05, 3.63) is 35.4 Å². The molecule has 0 aliphatic carbocycles. The molecule has 1 aromatic rings. The molecule has 1 amide bonds. The number of carbonyl (C=O) groups excluding carboxylic acids is 2. The summed E-state index contributed by atoms with van der Waals surface area (Å²) in [6.07, 6.45) is 4.42. The van der Waals surface area contributed by atoms with Gasteiger partial charge in [-0.15, -0.1) is 0 Å². The maximum atomic E-state index is 12.5. The summed E-state index contributed by atoms with van der Waals surface area (Å²) in [5, 5.41) is 3.47. The van der Waals surface area contributed by atoms with Gasteiger partial charge in [0, 0.05) is 31.7 Å². The molecule has 2 atom stereocenters. The van der Waals surface area contributed by atoms with Crippen molar-refractivity contribution in [3.63, 3.8) is 0 Å². The average Bonchev–Trinajstić information content (AvgIpc) is 3.04. The van der Waals surface area contributed by atoms with Gasteiger partial charge in [0.1, 0.15) is 0 Å². The Hall–Kier alpha value is -1.92. The van der Waals surface area contributed by atoms with Gasteiger partial charge in [-0.25, -0.2) is 4.79 Å². The maximum Gasteiger partial charge on any atom is 0.337 e. The fourth-order valence-corrected chi connectivity index (χ4v) is 4.36. The van der Waals surface area contributed by atoms with Crippen LogP contribution in [0.5, 0.6) is 0 Å². The van der Waals surface area contributed by atoms with Gasteiger partial charge in [-0.3, -0.25) is 4.79 Å². The monoisotopic (exact) mass is 388 g/mol. The molecule has 0 bridgehead atoms.